The normalized spacial score (nSPS) is 12.5. The zero-order valence-electron chi connectivity index (χ0n) is 5.62. The summed E-state index contributed by atoms with van der Waals surface area (Å²) in [6.07, 6.45) is 3.39. The molecule has 1 aromatic rings. The van der Waals surface area contributed by atoms with E-state index in [2.05, 4.69) is 4.98 Å². The van der Waals surface area contributed by atoms with Gasteiger partial charge in [0.2, 0.25) is 6.17 Å². The van der Waals surface area contributed by atoms with Crippen molar-refractivity contribution in [1.82, 2.24) is 4.98 Å². The average molecular weight is 171 g/mol. The molecule has 0 saturated heterocycles. The topological polar surface area (TPSA) is 33.1 Å². The first kappa shape index (κ1) is 8.18. The van der Waals surface area contributed by atoms with Crippen molar-refractivity contribution in [2.45, 2.75) is 12.8 Å². The highest BCUT2D eigenvalue weighted by Gasteiger charge is 2.09. The van der Waals surface area contributed by atoms with Gasteiger partial charge in [-0.05, 0) is 0 Å². The van der Waals surface area contributed by atoms with Crippen molar-refractivity contribution < 1.29 is 9.50 Å². The maximum Gasteiger partial charge on any atom is 0.211 e. The van der Waals surface area contributed by atoms with Gasteiger partial charge >= 0.3 is 0 Å². The third-order valence-electron chi connectivity index (χ3n) is 1.09. The molecule has 2 nitrogen and oxygen atoms in total. The minimum Gasteiger partial charge on any atom is -0.390 e. The highest BCUT2D eigenvalue weighted by atomic mass is 32.1. The van der Waals surface area contributed by atoms with E-state index in [0.29, 0.717) is 5.69 Å². The van der Waals surface area contributed by atoms with E-state index < -0.39 is 6.17 Å². The number of thiazole rings is 1. The van der Waals surface area contributed by atoms with Crippen LogP contribution in [0.4, 0.5) is 4.39 Å². The number of aromatic nitrogens is 1. The highest BCUT2D eigenvalue weighted by Crippen LogP contribution is 2.20. The molecule has 0 fully saturated rings. The SMILES string of the molecule is C#CC(F)c1nc(CO)cs1. The van der Waals surface area contributed by atoms with Gasteiger partial charge in [0.1, 0.15) is 5.01 Å². The Labute approximate surface area is 67.7 Å². The van der Waals surface area contributed by atoms with Gasteiger partial charge in [-0.25, -0.2) is 9.37 Å². The lowest BCUT2D eigenvalue weighted by molar-refractivity contribution is 0.277. The molecule has 1 aromatic heterocycles. The lowest BCUT2D eigenvalue weighted by atomic mass is 10.4. The summed E-state index contributed by atoms with van der Waals surface area (Å²) in [6, 6.07) is 0. The van der Waals surface area contributed by atoms with Crippen molar-refractivity contribution in [3.8, 4) is 12.3 Å². The molecule has 0 bridgehead atoms. The molecular weight excluding hydrogens is 165 g/mol. The van der Waals surface area contributed by atoms with E-state index in [-0.39, 0.29) is 11.6 Å². The van der Waals surface area contributed by atoms with Crippen LogP contribution in [0.3, 0.4) is 0 Å². The van der Waals surface area contributed by atoms with Gasteiger partial charge in [0.05, 0.1) is 12.3 Å². The molecule has 0 amide bonds. The molecule has 0 spiro atoms. The fraction of sp³-hybridized carbons (Fsp3) is 0.286. The Morgan fingerprint density at radius 3 is 3.09 bits per heavy atom. The fourth-order valence-corrected chi connectivity index (χ4v) is 1.32. The summed E-state index contributed by atoms with van der Waals surface area (Å²) in [5.74, 6) is 1.92. The van der Waals surface area contributed by atoms with Gasteiger partial charge in [-0.2, -0.15) is 0 Å². The van der Waals surface area contributed by atoms with E-state index in [1.165, 1.54) is 0 Å². The van der Waals surface area contributed by atoms with Crippen LogP contribution in [-0.2, 0) is 6.61 Å². The monoisotopic (exact) mass is 171 g/mol. The van der Waals surface area contributed by atoms with Crippen LogP contribution in [0.5, 0.6) is 0 Å². The first-order valence-corrected chi connectivity index (χ1v) is 3.81. The van der Waals surface area contributed by atoms with Gasteiger partial charge < -0.3 is 5.11 Å². The summed E-state index contributed by atoms with van der Waals surface area (Å²) >= 11 is 1.12. The molecule has 1 unspecified atom stereocenters. The van der Waals surface area contributed by atoms with Crippen molar-refractivity contribution in [1.29, 1.82) is 0 Å². The van der Waals surface area contributed by atoms with E-state index in [1.807, 2.05) is 5.92 Å². The van der Waals surface area contributed by atoms with Crippen molar-refractivity contribution in [3.63, 3.8) is 0 Å². The molecule has 0 aliphatic carbocycles. The molecule has 1 heterocycles. The van der Waals surface area contributed by atoms with Gasteiger partial charge in [0.15, 0.2) is 0 Å². The molecule has 0 aliphatic heterocycles. The van der Waals surface area contributed by atoms with Gasteiger partial charge in [-0.15, -0.1) is 17.8 Å². The van der Waals surface area contributed by atoms with Gasteiger partial charge in [0, 0.05) is 5.38 Å². The Morgan fingerprint density at radius 1 is 1.91 bits per heavy atom. The maximum atomic E-state index is 12.6. The molecule has 0 aliphatic rings. The smallest absolute Gasteiger partial charge is 0.211 e. The summed E-state index contributed by atoms with van der Waals surface area (Å²) < 4.78 is 12.6. The molecule has 11 heavy (non-hydrogen) atoms. The van der Waals surface area contributed by atoms with Gasteiger partial charge in [0.25, 0.3) is 0 Å². The first-order valence-electron chi connectivity index (χ1n) is 2.93. The molecule has 1 atom stereocenters. The van der Waals surface area contributed by atoms with E-state index >= 15 is 0 Å². The fourth-order valence-electron chi connectivity index (χ4n) is 0.583. The lowest BCUT2D eigenvalue weighted by Gasteiger charge is -1.91. The van der Waals surface area contributed by atoms with E-state index in [9.17, 15) is 4.39 Å². The lowest BCUT2D eigenvalue weighted by Crippen LogP contribution is -1.88. The van der Waals surface area contributed by atoms with E-state index in [4.69, 9.17) is 11.5 Å². The zero-order valence-corrected chi connectivity index (χ0v) is 6.44. The first-order chi connectivity index (χ1) is 5.27. The van der Waals surface area contributed by atoms with Crippen LogP contribution >= 0.6 is 11.3 Å². The molecule has 4 heteroatoms. The number of hydrogen-bond acceptors (Lipinski definition) is 3. The summed E-state index contributed by atoms with van der Waals surface area (Å²) in [5, 5.41) is 10.4. The quantitative estimate of drug-likeness (QED) is 0.680. The second-order valence-electron chi connectivity index (χ2n) is 1.86. The Morgan fingerprint density at radius 2 is 2.64 bits per heavy atom. The van der Waals surface area contributed by atoms with Crippen LogP contribution in [0.25, 0.3) is 0 Å². The van der Waals surface area contributed by atoms with Crippen molar-refractivity contribution in [2.24, 2.45) is 0 Å². The number of terminal acetylenes is 1. The van der Waals surface area contributed by atoms with Crippen molar-refractivity contribution >= 4 is 11.3 Å². The van der Waals surface area contributed by atoms with Crippen LogP contribution in [0.2, 0.25) is 0 Å². The van der Waals surface area contributed by atoms with E-state index in [0.717, 1.165) is 11.3 Å². The summed E-state index contributed by atoms with van der Waals surface area (Å²) in [5.41, 5.74) is 0.461. The minimum absolute atomic E-state index is 0.173. The van der Waals surface area contributed by atoms with Crippen molar-refractivity contribution in [2.75, 3.05) is 0 Å². The standard InChI is InChI=1S/C7H6FNOS/c1-2-6(8)7-9-5(3-10)4-11-7/h1,4,6,10H,3H2. The number of aliphatic hydroxyl groups excluding tert-OH is 1. The number of hydrogen-bond donors (Lipinski definition) is 1. The molecule has 0 aromatic carbocycles. The van der Waals surface area contributed by atoms with Gasteiger partial charge in [-0.1, -0.05) is 5.92 Å². The highest BCUT2D eigenvalue weighted by molar-refractivity contribution is 7.09. The summed E-state index contributed by atoms with van der Waals surface area (Å²) in [6.45, 7) is -0.173. The Balaban J connectivity index is 2.82. The molecular formula is C7H6FNOS. The average Bonchev–Trinajstić information content (AvgIpc) is 2.50. The molecule has 0 radical (unpaired) electrons. The third kappa shape index (κ3) is 1.76. The maximum absolute atomic E-state index is 12.6. The number of aliphatic hydroxyl groups is 1. The molecule has 0 saturated carbocycles. The Kier molecular flexibility index (Phi) is 2.58. The van der Waals surface area contributed by atoms with Crippen molar-refractivity contribution in [3.05, 3.63) is 16.1 Å². The van der Waals surface area contributed by atoms with Crippen LogP contribution in [0.1, 0.15) is 16.9 Å². The van der Waals surface area contributed by atoms with Crippen LogP contribution in [0.15, 0.2) is 5.38 Å². The predicted molar refractivity (Wildman–Crippen MR) is 40.7 cm³/mol. The Bertz CT molecular complexity index is 278. The number of alkyl halides is 1. The zero-order chi connectivity index (χ0) is 8.27. The molecule has 58 valence electrons. The molecule has 1 N–H and O–H groups in total. The largest absolute Gasteiger partial charge is 0.390 e. The third-order valence-corrected chi connectivity index (χ3v) is 2.02. The van der Waals surface area contributed by atoms with E-state index in [1.54, 1.807) is 5.38 Å². The number of rotatable bonds is 2. The van der Waals surface area contributed by atoms with Crippen LogP contribution in [0, 0.1) is 12.3 Å². The second-order valence-corrected chi connectivity index (χ2v) is 2.75. The predicted octanol–water partition coefficient (Wildman–Crippen LogP) is 1.28. The van der Waals surface area contributed by atoms with Gasteiger partial charge in [-0.3, -0.25) is 0 Å². The summed E-state index contributed by atoms with van der Waals surface area (Å²) in [4.78, 5) is 3.75. The minimum atomic E-state index is -1.44. The Hall–Kier alpha value is -0.920. The second kappa shape index (κ2) is 3.46. The van der Waals surface area contributed by atoms with Crippen LogP contribution in [-0.4, -0.2) is 10.1 Å². The number of nitrogens with zero attached hydrogens (tertiary/aromatic N) is 1. The summed E-state index contributed by atoms with van der Waals surface area (Å²) in [7, 11) is 0. The van der Waals surface area contributed by atoms with Crippen LogP contribution < -0.4 is 0 Å². The number of halogens is 1. The molecule has 1 rings (SSSR count).